The van der Waals surface area contributed by atoms with E-state index in [-0.39, 0.29) is 0 Å². The first kappa shape index (κ1) is 11.9. The molecule has 1 rings (SSSR count). The largest absolute Gasteiger partial charge is 0.492 e. The number of hydrogen-bond donors (Lipinski definition) is 1. The van der Waals surface area contributed by atoms with Gasteiger partial charge in [0.05, 0.1) is 0 Å². The van der Waals surface area contributed by atoms with Crippen molar-refractivity contribution in [3.05, 3.63) is 23.3 Å². The SMILES string of the molecule is Cc1cc(OCCN(C)C)c(C)cc1N. The molecule has 0 saturated heterocycles. The number of aryl methyl sites for hydroxylation is 2. The van der Waals surface area contributed by atoms with Gasteiger partial charge in [0.1, 0.15) is 12.4 Å². The van der Waals surface area contributed by atoms with Gasteiger partial charge in [-0.3, -0.25) is 0 Å². The van der Waals surface area contributed by atoms with Gasteiger partial charge in [-0.15, -0.1) is 0 Å². The van der Waals surface area contributed by atoms with Gasteiger partial charge in [-0.05, 0) is 51.2 Å². The van der Waals surface area contributed by atoms with E-state index in [0.29, 0.717) is 6.61 Å². The lowest BCUT2D eigenvalue weighted by Crippen LogP contribution is -2.19. The molecule has 0 heterocycles. The molecular weight excluding hydrogens is 188 g/mol. The molecule has 1 aromatic rings. The number of likely N-dealkylation sites (N-methyl/N-ethyl adjacent to an activating group) is 1. The van der Waals surface area contributed by atoms with Crippen molar-refractivity contribution in [1.82, 2.24) is 4.90 Å². The van der Waals surface area contributed by atoms with Gasteiger partial charge in [-0.2, -0.15) is 0 Å². The Labute approximate surface area is 91.8 Å². The molecule has 0 unspecified atom stereocenters. The molecule has 0 aromatic heterocycles. The van der Waals surface area contributed by atoms with Crippen molar-refractivity contribution in [1.29, 1.82) is 0 Å². The average Bonchev–Trinajstić information content (AvgIpc) is 2.13. The van der Waals surface area contributed by atoms with Crippen LogP contribution in [-0.2, 0) is 0 Å². The summed E-state index contributed by atoms with van der Waals surface area (Å²) in [7, 11) is 4.06. The van der Waals surface area contributed by atoms with Crippen LogP contribution in [0.4, 0.5) is 5.69 Å². The van der Waals surface area contributed by atoms with Crippen LogP contribution in [0.25, 0.3) is 0 Å². The Morgan fingerprint density at radius 2 is 1.87 bits per heavy atom. The van der Waals surface area contributed by atoms with Gasteiger partial charge in [0.15, 0.2) is 0 Å². The number of rotatable bonds is 4. The Morgan fingerprint density at radius 3 is 2.47 bits per heavy atom. The molecule has 3 nitrogen and oxygen atoms in total. The molecule has 0 aliphatic heterocycles. The van der Waals surface area contributed by atoms with E-state index in [1.54, 1.807) is 0 Å². The summed E-state index contributed by atoms with van der Waals surface area (Å²) >= 11 is 0. The summed E-state index contributed by atoms with van der Waals surface area (Å²) in [4.78, 5) is 2.10. The summed E-state index contributed by atoms with van der Waals surface area (Å²) < 4.78 is 5.69. The summed E-state index contributed by atoms with van der Waals surface area (Å²) in [6.07, 6.45) is 0. The van der Waals surface area contributed by atoms with E-state index < -0.39 is 0 Å². The maximum Gasteiger partial charge on any atom is 0.122 e. The van der Waals surface area contributed by atoms with E-state index >= 15 is 0 Å². The first-order valence-corrected chi connectivity index (χ1v) is 5.15. The minimum absolute atomic E-state index is 0.706. The highest BCUT2D eigenvalue weighted by Crippen LogP contribution is 2.23. The van der Waals surface area contributed by atoms with Crippen LogP contribution in [-0.4, -0.2) is 32.1 Å². The van der Waals surface area contributed by atoms with E-state index in [2.05, 4.69) is 4.90 Å². The van der Waals surface area contributed by atoms with Gasteiger partial charge in [-0.1, -0.05) is 0 Å². The predicted molar refractivity (Wildman–Crippen MR) is 64.4 cm³/mol. The highest BCUT2D eigenvalue weighted by atomic mass is 16.5. The van der Waals surface area contributed by atoms with Crippen LogP contribution in [0.3, 0.4) is 0 Å². The maximum absolute atomic E-state index is 5.80. The van der Waals surface area contributed by atoms with Crippen LogP contribution >= 0.6 is 0 Å². The maximum atomic E-state index is 5.80. The highest BCUT2D eigenvalue weighted by molar-refractivity contribution is 5.53. The Balaban J connectivity index is 2.65. The lowest BCUT2D eigenvalue weighted by Gasteiger charge is -2.14. The third-order valence-electron chi connectivity index (χ3n) is 2.36. The third kappa shape index (κ3) is 3.44. The molecule has 84 valence electrons. The predicted octanol–water partition coefficient (Wildman–Crippen LogP) is 1.83. The molecule has 0 spiro atoms. The third-order valence-corrected chi connectivity index (χ3v) is 2.36. The molecule has 0 saturated carbocycles. The number of nitrogens with zero attached hydrogens (tertiary/aromatic N) is 1. The molecule has 0 fully saturated rings. The fourth-order valence-electron chi connectivity index (χ4n) is 1.31. The van der Waals surface area contributed by atoms with Crippen molar-refractivity contribution in [2.75, 3.05) is 33.0 Å². The second-order valence-corrected chi connectivity index (χ2v) is 4.13. The molecular formula is C12H20N2O. The van der Waals surface area contributed by atoms with Gasteiger partial charge in [0.2, 0.25) is 0 Å². The molecule has 0 bridgehead atoms. The van der Waals surface area contributed by atoms with Crippen molar-refractivity contribution in [3.8, 4) is 5.75 Å². The van der Waals surface area contributed by atoms with E-state index in [1.807, 2.05) is 40.1 Å². The quantitative estimate of drug-likeness (QED) is 0.767. The van der Waals surface area contributed by atoms with E-state index in [1.165, 1.54) is 0 Å². The second kappa shape index (κ2) is 5.03. The Bertz CT molecular complexity index is 335. The number of hydrogen-bond acceptors (Lipinski definition) is 3. The zero-order valence-corrected chi connectivity index (χ0v) is 10.0. The first-order valence-electron chi connectivity index (χ1n) is 5.15. The number of benzene rings is 1. The molecule has 0 aliphatic carbocycles. The van der Waals surface area contributed by atoms with E-state index in [9.17, 15) is 0 Å². The van der Waals surface area contributed by atoms with Gasteiger partial charge >= 0.3 is 0 Å². The summed E-state index contributed by atoms with van der Waals surface area (Å²) in [5, 5.41) is 0. The lowest BCUT2D eigenvalue weighted by molar-refractivity contribution is 0.260. The van der Waals surface area contributed by atoms with Crippen LogP contribution in [0, 0.1) is 13.8 Å². The standard InChI is InChI=1S/C12H20N2O/c1-9-8-12(10(2)7-11(9)13)15-6-5-14(3)4/h7-8H,5-6,13H2,1-4H3. The molecule has 2 N–H and O–H groups in total. The van der Waals surface area contributed by atoms with Crippen LogP contribution in [0.1, 0.15) is 11.1 Å². The summed E-state index contributed by atoms with van der Waals surface area (Å²) in [6, 6.07) is 3.96. The van der Waals surface area contributed by atoms with Crippen LogP contribution in [0.15, 0.2) is 12.1 Å². The van der Waals surface area contributed by atoms with Gasteiger partial charge in [-0.25, -0.2) is 0 Å². The summed E-state index contributed by atoms with van der Waals surface area (Å²) in [5.41, 5.74) is 8.79. The van der Waals surface area contributed by atoms with Gasteiger partial charge < -0.3 is 15.4 Å². The number of nitrogen functional groups attached to an aromatic ring is 1. The minimum Gasteiger partial charge on any atom is -0.492 e. The van der Waals surface area contributed by atoms with E-state index in [0.717, 1.165) is 29.1 Å². The summed E-state index contributed by atoms with van der Waals surface area (Å²) in [5.74, 6) is 0.934. The smallest absolute Gasteiger partial charge is 0.122 e. The van der Waals surface area contributed by atoms with Crippen molar-refractivity contribution in [2.24, 2.45) is 0 Å². The van der Waals surface area contributed by atoms with E-state index in [4.69, 9.17) is 10.5 Å². The molecule has 0 radical (unpaired) electrons. The van der Waals surface area contributed by atoms with Crippen molar-refractivity contribution in [2.45, 2.75) is 13.8 Å². The second-order valence-electron chi connectivity index (χ2n) is 4.13. The monoisotopic (exact) mass is 208 g/mol. The van der Waals surface area contributed by atoms with Crippen molar-refractivity contribution < 1.29 is 4.74 Å². The Kier molecular flexibility index (Phi) is 3.97. The topological polar surface area (TPSA) is 38.5 Å². The molecule has 0 amide bonds. The number of ether oxygens (including phenoxy) is 1. The molecule has 3 heteroatoms. The fourth-order valence-corrected chi connectivity index (χ4v) is 1.31. The highest BCUT2D eigenvalue weighted by Gasteiger charge is 2.03. The Morgan fingerprint density at radius 1 is 1.20 bits per heavy atom. The van der Waals surface area contributed by atoms with Crippen LogP contribution in [0.2, 0.25) is 0 Å². The average molecular weight is 208 g/mol. The first-order chi connectivity index (χ1) is 7.00. The molecule has 1 aromatic carbocycles. The normalized spacial score (nSPS) is 10.7. The summed E-state index contributed by atoms with van der Waals surface area (Å²) in [6.45, 7) is 5.63. The van der Waals surface area contributed by atoms with Crippen molar-refractivity contribution in [3.63, 3.8) is 0 Å². The number of anilines is 1. The number of nitrogens with two attached hydrogens (primary N) is 1. The van der Waals surface area contributed by atoms with Crippen molar-refractivity contribution >= 4 is 5.69 Å². The van der Waals surface area contributed by atoms with Gasteiger partial charge in [0, 0.05) is 12.2 Å². The zero-order valence-electron chi connectivity index (χ0n) is 10.0. The minimum atomic E-state index is 0.706. The zero-order chi connectivity index (χ0) is 11.4. The van der Waals surface area contributed by atoms with Gasteiger partial charge in [0.25, 0.3) is 0 Å². The van der Waals surface area contributed by atoms with Crippen LogP contribution in [0.5, 0.6) is 5.75 Å². The molecule has 15 heavy (non-hydrogen) atoms. The molecule has 0 aliphatic rings. The van der Waals surface area contributed by atoms with Crippen LogP contribution < -0.4 is 10.5 Å². The fraction of sp³-hybridized carbons (Fsp3) is 0.500. The lowest BCUT2D eigenvalue weighted by atomic mass is 10.1. The molecule has 0 atom stereocenters. The Hall–Kier alpha value is -1.22.